The number of benzene rings is 1. The zero-order valence-corrected chi connectivity index (χ0v) is 10.6. The lowest BCUT2D eigenvalue weighted by molar-refractivity contribution is 0.215. The van der Waals surface area contributed by atoms with Gasteiger partial charge in [-0.2, -0.15) is 0 Å². The summed E-state index contributed by atoms with van der Waals surface area (Å²) in [5.41, 5.74) is 6.83. The van der Waals surface area contributed by atoms with E-state index < -0.39 is 6.10 Å². The Labute approximate surface area is 110 Å². The number of nitrogens with zero attached hydrogens (tertiary/aromatic N) is 1. The standard InChI is InChI=1S/C13H13ClN2O2/c1-18-11-5-3-2-4-9(11)12(17)10-6-8(14)7-16-13(10)15/h2-7,12,17H,1H3,(H2,15,16). The van der Waals surface area contributed by atoms with Crippen LogP contribution in [0.5, 0.6) is 5.75 Å². The number of nitrogen functional groups attached to an aromatic ring is 1. The number of aliphatic hydroxyl groups excluding tert-OH is 1. The molecule has 0 saturated heterocycles. The number of aliphatic hydroxyl groups is 1. The summed E-state index contributed by atoms with van der Waals surface area (Å²) in [4.78, 5) is 3.93. The molecular weight excluding hydrogens is 252 g/mol. The van der Waals surface area contributed by atoms with Crippen molar-refractivity contribution in [2.45, 2.75) is 6.10 Å². The van der Waals surface area contributed by atoms with Gasteiger partial charge in [0.1, 0.15) is 17.7 Å². The van der Waals surface area contributed by atoms with Crippen LogP contribution in [0.25, 0.3) is 0 Å². The molecule has 0 bridgehead atoms. The van der Waals surface area contributed by atoms with Crippen molar-refractivity contribution < 1.29 is 9.84 Å². The highest BCUT2D eigenvalue weighted by atomic mass is 35.5. The van der Waals surface area contributed by atoms with E-state index in [-0.39, 0.29) is 5.82 Å². The van der Waals surface area contributed by atoms with Gasteiger partial charge in [0.2, 0.25) is 0 Å². The highest BCUT2D eigenvalue weighted by molar-refractivity contribution is 6.30. The smallest absolute Gasteiger partial charge is 0.129 e. The Kier molecular flexibility index (Phi) is 3.69. The number of rotatable bonds is 3. The van der Waals surface area contributed by atoms with E-state index in [9.17, 15) is 5.11 Å². The Morgan fingerprint density at radius 3 is 2.78 bits per heavy atom. The summed E-state index contributed by atoms with van der Waals surface area (Å²) in [6.07, 6.45) is 0.516. The number of para-hydroxylation sites is 1. The fourth-order valence-electron chi connectivity index (χ4n) is 1.74. The summed E-state index contributed by atoms with van der Waals surface area (Å²) in [5.74, 6) is 0.835. The molecule has 0 radical (unpaired) electrons. The first-order valence-electron chi connectivity index (χ1n) is 5.35. The largest absolute Gasteiger partial charge is 0.496 e. The lowest BCUT2D eigenvalue weighted by atomic mass is 10.0. The van der Waals surface area contributed by atoms with Crippen LogP contribution in [0, 0.1) is 0 Å². The normalized spacial score (nSPS) is 12.2. The fourth-order valence-corrected chi connectivity index (χ4v) is 1.91. The molecule has 0 amide bonds. The van der Waals surface area contributed by atoms with E-state index in [2.05, 4.69) is 4.98 Å². The second-order valence-corrected chi connectivity index (χ2v) is 4.21. The maximum atomic E-state index is 10.4. The monoisotopic (exact) mass is 264 g/mol. The van der Waals surface area contributed by atoms with Crippen molar-refractivity contribution in [2.75, 3.05) is 12.8 Å². The molecule has 0 fully saturated rings. The van der Waals surface area contributed by atoms with Crippen molar-refractivity contribution in [3.05, 3.63) is 52.7 Å². The van der Waals surface area contributed by atoms with E-state index in [0.717, 1.165) is 0 Å². The third kappa shape index (κ3) is 2.39. The van der Waals surface area contributed by atoms with Crippen LogP contribution >= 0.6 is 11.6 Å². The Bertz CT molecular complexity index is 560. The number of anilines is 1. The minimum absolute atomic E-state index is 0.248. The highest BCUT2D eigenvalue weighted by Gasteiger charge is 2.18. The second kappa shape index (κ2) is 5.25. The van der Waals surface area contributed by atoms with Gasteiger partial charge in [-0.05, 0) is 12.1 Å². The van der Waals surface area contributed by atoms with Gasteiger partial charge in [-0.15, -0.1) is 0 Å². The van der Waals surface area contributed by atoms with Gasteiger partial charge in [0, 0.05) is 17.3 Å². The minimum Gasteiger partial charge on any atom is -0.496 e. The number of aromatic nitrogens is 1. The fraction of sp³-hybridized carbons (Fsp3) is 0.154. The molecule has 1 atom stereocenters. The zero-order valence-electron chi connectivity index (χ0n) is 9.80. The molecule has 3 N–H and O–H groups in total. The average Bonchev–Trinajstić information content (AvgIpc) is 2.40. The molecule has 0 aliphatic heterocycles. The third-order valence-electron chi connectivity index (χ3n) is 2.64. The predicted molar refractivity (Wildman–Crippen MR) is 70.7 cm³/mol. The van der Waals surface area contributed by atoms with E-state index in [4.69, 9.17) is 22.1 Å². The van der Waals surface area contributed by atoms with Gasteiger partial charge in [-0.1, -0.05) is 29.8 Å². The molecule has 2 rings (SSSR count). The van der Waals surface area contributed by atoms with Crippen LogP contribution < -0.4 is 10.5 Å². The summed E-state index contributed by atoms with van der Waals surface area (Å²) < 4.78 is 5.20. The third-order valence-corrected chi connectivity index (χ3v) is 2.85. The average molecular weight is 265 g/mol. The first kappa shape index (κ1) is 12.7. The predicted octanol–water partition coefficient (Wildman–Crippen LogP) is 2.41. The van der Waals surface area contributed by atoms with Crippen molar-refractivity contribution in [3.8, 4) is 5.75 Å². The molecule has 5 heteroatoms. The summed E-state index contributed by atoms with van der Waals surface area (Å²) in [6.45, 7) is 0. The molecule has 1 aromatic heterocycles. The molecule has 4 nitrogen and oxygen atoms in total. The number of methoxy groups -OCH3 is 1. The van der Waals surface area contributed by atoms with E-state index in [1.54, 1.807) is 25.3 Å². The van der Waals surface area contributed by atoms with Crippen molar-refractivity contribution in [1.82, 2.24) is 4.98 Å². The van der Waals surface area contributed by atoms with Crippen molar-refractivity contribution >= 4 is 17.4 Å². The summed E-state index contributed by atoms with van der Waals surface area (Å²) in [6, 6.07) is 8.78. The molecule has 0 spiro atoms. The maximum Gasteiger partial charge on any atom is 0.129 e. The maximum absolute atomic E-state index is 10.4. The topological polar surface area (TPSA) is 68.4 Å². The Hall–Kier alpha value is -1.78. The Morgan fingerprint density at radius 1 is 1.33 bits per heavy atom. The molecular formula is C13H13ClN2O2. The van der Waals surface area contributed by atoms with Crippen LogP contribution in [0.15, 0.2) is 36.5 Å². The van der Waals surface area contributed by atoms with E-state index in [0.29, 0.717) is 21.9 Å². The number of hydrogen-bond donors (Lipinski definition) is 2. The van der Waals surface area contributed by atoms with E-state index in [1.165, 1.54) is 6.20 Å². The van der Waals surface area contributed by atoms with Crippen LogP contribution in [0.1, 0.15) is 17.2 Å². The lowest BCUT2D eigenvalue weighted by Gasteiger charge is -2.16. The first-order valence-corrected chi connectivity index (χ1v) is 5.73. The van der Waals surface area contributed by atoms with Gasteiger partial charge in [0.25, 0.3) is 0 Å². The van der Waals surface area contributed by atoms with E-state index in [1.807, 2.05) is 12.1 Å². The molecule has 1 aromatic carbocycles. The van der Waals surface area contributed by atoms with Crippen LogP contribution in [0.4, 0.5) is 5.82 Å². The Morgan fingerprint density at radius 2 is 2.06 bits per heavy atom. The molecule has 0 saturated carbocycles. The van der Waals surface area contributed by atoms with Gasteiger partial charge in [-0.3, -0.25) is 0 Å². The number of ether oxygens (including phenoxy) is 1. The highest BCUT2D eigenvalue weighted by Crippen LogP contribution is 2.32. The summed E-state index contributed by atoms with van der Waals surface area (Å²) in [7, 11) is 1.55. The molecule has 2 aromatic rings. The van der Waals surface area contributed by atoms with Crippen LogP contribution in [0.2, 0.25) is 5.02 Å². The van der Waals surface area contributed by atoms with Crippen molar-refractivity contribution in [3.63, 3.8) is 0 Å². The van der Waals surface area contributed by atoms with Gasteiger partial charge in [-0.25, -0.2) is 4.98 Å². The molecule has 1 heterocycles. The van der Waals surface area contributed by atoms with Crippen LogP contribution in [-0.4, -0.2) is 17.2 Å². The van der Waals surface area contributed by atoms with Crippen LogP contribution in [0.3, 0.4) is 0 Å². The van der Waals surface area contributed by atoms with E-state index >= 15 is 0 Å². The molecule has 1 unspecified atom stereocenters. The molecule has 0 aliphatic carbocycles. The van der Waals surface area contributed by atoms with Gasteiger partial charge >= 0.3 is 0 Å². The lowest BCUT2D eigenvalue weighted by Crippen LogP contribution is -2.06. The summed E-state index contributed by atoms with van der Waals surface area (Å²) in [5, 5.41) is 10.8. The minimum atomic E-state index is -0.924. The van der Waals surface area contributed by atoms with Gasteiger partial charge < -0.3 is 15.6 Å². The van der Waals surface area contributed by atoms with Gasteiger partial charge in [0.15, 0.2) is 0 Å². The number of pyridine rings is 1. The second-order valence-electron chi connectivity index (χ2n) is 3.77. The zero-order chi connectivity index (χ0) is 13.1. The number of nitrogens with two attached hydrogens (primary N) is 1. The van der Waals surface area contributed by atoms with Crippen LogP contribution in [-0.2, 0) is 0 Å². The van der Waals surface area contributed by atoms with Gasteiger partial charge in [0.05, 0.1) is 12.1 Å². The van der Waals surface area contributed by atoms with Crippen molar-refractivity contribution in [1.29, 1.82) is 0 Å². The summed E-state index contributed by atoms with van der Waals surface area (Å²) >= 11 is 5.86. The number of hydrogen-bond acceptors (Lipinski definition) is 4. The molecule has 94 valence electrons. The molecule has 0 aliphatic rings. The Balaban J connectivity index is 2.47. The first-order chi connectivity index (χ1) is 8.63. The SMILES string of the molecule is COc1ccccc1C(O)c1cc(Cl)cnc1N. The molecule has 18 heavy (non-hydrogen) atoms. The quantitative estimate of drug-likeness (QED) is 0.893. The number of halogens is 1. The van der Waals surface area contributed by atoms with Crippen molar-refractivity contribution in [2.24, 2.45) is 0 Å².